The number of likely N-dealkylation sites (tertiary alicyclic amines) is 1. The normalized spacial score (nSPS) is 19.0. The monoisotopic (exact) mass is 411 g/mol. The third-order valence-corrected chi connectivity index (χ3v) is 5.33. The zero-order valence-corrected chi connectivity index (χ0v) is 16.1. The number of benzene rings is 1. The first-order valence-electron chi connectivity index (χ1n) is 9.73. The van der Waals surface area contributed by atoms with Gasteiger partial charge in [0.05, 0.1) is 5.56 Å². The number of nitrogens with zero attached hydrogens (tertiary/aromatic N) is 3. The van der Waals surface area contributed by atoms with Gasteiger partial charge in [0.25, 0.3) is 0 Å². The van der Waals surface area contributed by atoms with Gasteiger partial charge in [-0.2, -0.15) is 13.2 Å². The minimum absolute atomic E-state index is 0.0890. The Bertz CT molecular complexity index is 748. The maximum Gasteiger partial charge on any atom is 0.416 e. The van der Waals surface area contributed by atoms with Crippen LogP contribution >= 0.6 is 0 Å². The Hall–Kier alpha value is -2.42. The third kappa shape index (κ3) is 5.56. The number of carbonyl (C=O) groups excluding carboxylic acids is 3. The molecular formula is C20H24F3N3O3. The van der Waals surface area contributed by atoms with E-state index in [1.54, 1.807) is 4.90 Å². The second kappa shape index (κ2) is 8.94. The molecule has 0 aliphatic carbocycles. The zero-order valence-electron chi connectivity index (χ0n) is 16.1. The maximum atomic E-state index is 12.7. The molecule has 0 N–H and O–H groups in total. The Morgan fingerprint density at radius 2 is 1.59 bits per heavy atom. The Morgan fingerprint density at radius 3 is 2.21 bits per heavy atom. The van der Waals surface area contributed by atoms with Gasteiger partial charge in [0, 0.05) is 58.5 Å². The Labute approximate surface area is 167 Å². The van der Waals surface area contributed by atoms with Gasteiger partial charge >= 0.3 is 6.18 Å². The standard InChI is InChI=1S/C20H24F3N3O3/c21-20(22,23)16-4-2-15(3-5-16)14-24-9-1-10-25(13-12-24)17(27)8-11-26-18(28)6-7-19(26)29/h2-5H,1,6-14H2. The summed E-state index contributed by atoms with van der Waals surface area (Å²) in [5.74, 6) is -0.531. The summed E-state index contributed by atoms with van der Waals surface area (Å²) in [5.41, 5.74) is 0.132. The predicted molar refractivity (Wildman–Crippen MR) is 98.5 cm³/mol. The van der Waals surface area contributed by atoms with E-state index in [0.29, 0.717) is 26.2 Å². The summed E-state index contributed by atoms with van der Waals surface area (Å²) in [4.78, 5) is 40.7. The van der Waals surface area contributed by atoms with Gasteiger partial charge in [-0.25, -0.2) is 0 Å². The van der Waals surface area contributed by atoms with Crippen LogP contribution in [0.4, 0.5) is 13.2 Å². The van der Waals surface area contributed by atoms with Crippen molar-refractivity contribution in [1.82, 2.24) is 14.7 Å². The Kier molecular flexibility index (Phi) is 6.56. The van der Waals surface area contributed by atoms with Crippen molar-refractivity contribution in [1.29, 1.82) is 0 Å². The lowest BCUT2D eigenvalue weighted by Gasteiger charge is -2.23. The van der Waals surface area contributed by atoms with Crippen molar-refractivity contribution in [3.8, 4) is 0 Å². The van der Waals surface area contributed by atoms with Crippen LogP contribution in [0.3, 0.4) is 0 Å². The van der Waals surface area contributed by atoms with Gasteiger partial charge in [-0.15, -0.1) is 0 Å². The van der Waals surface area contributed by atoms with Gasteiger partial charge in [0.2, 0.25) is 17.7 Å². The molecule has 0 bridgehead atoms. The summed E-state index contributed by atoms with van der Waals surface area (Å²) in [7, 11) is 0. The number of amides is 3. The van der Waals surface area contributed by atoms with Gasteiger partial charge in [-0.1, -0.05) is 12.1 Å². The molecule has 0 atom stereocenters. The van der Waals surface area contributed by atoms with Crippen molar-refractivity contribution in [3.05, 3.63) is 35.4 Å². The molecule has 0 unspecified atom stereocenters. The van der Waals surface area contributed by atoms with Crippen molar-refractivity contribution in [2.45, 2.75) is 38.4 Å². The number of rotatable bonds is 5. The second-order valence-electron chi connectivity index (χ2n) is 7.39. The van der Waals surface area contributed by atoms with Crippen LogP contribution in [-0.4, -0.2) is 65.1 Å². The van der Waals surface area contributed by atoms with Crippen LogP contribution in [0, 0.1) is 0 Å². The summed E-state index contributed by atoms with van der Waals surface area (Å²) < 4.78 is 38.0. The van der Waals surface area contributed by atoms with Crippen molar-refractivity contribution in [2.24, 2.45) is 0 Å². The quantitative estimate of drug-likeness (QED) is 0.698. The molecule has 0 saturated carbocycles. The highest BCUT2D eigenvalue weighted by molar-refractivity contribution is 6.02. The number of hydrogen-bond donors (Lipinski definition) is 0. The van der Waals surface area contributed by atoms with E-state index in [1.165, 1.54) is 12.1 Å². The van der Waals surface area contributed by atoms with Crippen molar-refractivity contribution in [2.75, 3.05) is 32.7 Å². The molecule has 2 heterocycles. The van der Waals surface area contributed by atoms with Crippen LogP contribution in [0.2, 0.25) is 0 Å². The SMILES string of the molecule is O=C(CCN1C(=O)CCC1=O)N1CCCN(Cc2ccc(C(F)(F)F)cc2)CC1. The van der Waals surface area contributed by atoms with E-state index in [9.17, 15) is 27.6 Å². The van der Waals surface area contributed by atoms with E-state index >= 15 is 0 Å². The number of hydrogen-bond acceptors (Lipinski definition) is 4. The Morgan fingerprint density at radius 1 is 0.931 bits per heavy atom. The fourth-order valence-electron chi connectivity index (χ4n) is 3.67. The van der Waals surface area contributed by atoms with E-state index in [1.807, 2.05) is 0 Å². The van der Waals surface area contributed by atoms with E-state index in [-0.39, 0.29) is 43.5 Å². The van der Waals surface area contributed by atoms with Crippen molar-refractivity contribution < 1.29 is 27.6 Å². The predicted octanol–water partition coefficient (Wildman–Crippen LogP) is 2.28. The van der Waals surface area contributed by atoms with Crippen LogP contribution in [0.1, 0.15) is 36.8 Å². The lowest BCUT2D eigenvalue weighted by Crippen LogP contribution is -2.38. The van der Waals surface area contributed by atoms with E-state index in [4.69, 9.17) is 0 Å². The minimum Gasteiger partial charge on any atom is -0.341 e. The summed E-state index contributed by atoms with van der Waals surface area (Å²) in [6.45, 7) is 3.12. The van der Waals surface area contributed by atoms with Gasteiger partial charge in [0.15, 0.2) is 0 Å². The van der Waals surface area contributed by atoms with Crippen LogP contribution < -0.4 is 0 Å². The number of carbonyl (C=O) groups is 3. The van der Waals surface area contributed by atoms with Crippen LogP contribution in [-0.2, 0) is 27.1 Å². The molecule has 158 valence electrons. The van der Waals surface area contributed by atoms with Crippen LogP contribution in [0.15, 0.2) is 24.3 Å². The van der Waals surface area contributed by atoms with Gasteiger partial charge in [-0.05, 0) is 24.1 Å². The molecule has 2 aliphatic heterocycles. The highest BCUT2D eigenvalue weighted by Gasteiger charge is 2.31. The molecule has 0 spiro atoms. The third-order valence-electron chi connectivity index (χ3n) is 5.33. The molecule has 1 aromatic carbocycles. The topological polar surface area (TPSA) is 60.9 Å². The number of imide groups is 1. The van der Waals surface area contributed by atoms with Crippen molar-refractivity contribution in [3.63, 3.8) is 0 Å². The largest absolute Gasteiger partial charge is 0.416 e. The van der Waals surface area contributed by atoms with Crippen LogP contribution in [0.5, 0.6) is 0 Å². The average molecular weight is 411 g/mol. The molecule has 0 aromatic heterocycles. The smallest absolute Gasteiger partial charge is 0.341 e. The maximum absolute atomic E-state index is 12.7. The fraction of sp³-hybridized carbons (Fsp3) is 0.550. The number of alkyl halides is 3. The summed E-state index contributed by atoms with van der Waals surface area (Å²) in [5, 5.41) is 0. The van der Waals surface area contributed by atoms with E-state index in [0.717, 1.165) is 35.6 Å². The summed E-state index contributed by atoms with van der Waals surface area (Å²) >= 11 is 0. The molecule has 0 radical (unpaired) electrons. The van der Waals surface area contributed by atoms with Gasteiger partial charge < -0.3 is 4.90 Å². The second-order valence-corrected chi connectivity index (χ2v) is 7.39. The minimum atomic E-state index is -4.34. The molecule has 3 amide bonds. The highest BCUT2D eigenvalue weighted by atomic mass is 19.4. The average Bonchev–Trinajstić information content (AvgIpc) is 2.85. The molecule has 2 aliphatic rings. The van der Waals surface area contributed by atoms with E-state index in [2.05, 4.69) is 4.90 Å². The van der Waals surface area contributed by atoms with Gasteiger partial charge in [0.1, 0.15) is 0 Å². The lowest BCUT2D eigenvalue weighted by molar-refractivity contribution is -0.140. The highest BCUT2D eigenvalue weighted by Crippen LogP contribution is 2.29. The molecule has 2 saturated heterocycles. The molecule has 29 heavy (non-hydrogen) atoms. The fourth-order valence-corrected chi connectivity index (χ4v) is 3.67. The number of halogens is 3. The molecular weight excluding hydrogens is 387 g/mol. The molecule has 3 rings (SSSR count). The lowest BCUT2D eigenvalue weighted by atomic mass is 10.1. The van der Waals surface area contributed by atoms with Gasteiger partial charge in [-0.3, -0.25) is 24.2 Å². The van der Waals surface area contributed by atoms with Crippen LogP contribution in [0.25, 0.3) is 0 Å². The Balaban J connectivity index is 1.47. The first-order chi connectivity index (χ1) is 13.7. The molecule has 1 aromatic rings. The summed E-state index contributed by atoms with van der Waals surface area (Å²) in [6.07, 6.45) is -3.03. The first-order valence-corrected chi connectivity index (χ1v) is 9.73. The molecule has 6 nitrogen and oxygen atoms in total. The van der Waals surface area contributed by atoms with Crippen molar-refractivity contribution >= 4 is 17.7 Å². The zero-order chi connectivity index (χ0) is 21.0. The summed E-state index contributed by atoms with van der Waals surface area (Å²) in [6, 6.07) is 5.15. The molecule has 9 heteroatoms. The van der Waals surface area contributed by atoms with E-state index < -0.39 is 11.7 Å². The first kappa shape index (κ1) is 21.3. The molecule has 2 fully saturated rings.